The predicted molar refractivity (Wildman–Crippen MR) is 130 cm³/mol. The Morgan fingerprint density at radius 3 is 2.34 bits per heavy atom. The highest BCUT2D eigenvalue weighted by atomic mass is 32.2. The van der Waals surface area contributed by atoms with Crippen LogP contribution in [0.5, 0.6) is 5.75 Å². The highest BCUT2D eigenvalue weighted by molar-refractivity contribution is 7.90. The Labute approximate surface area is 192 Å². The van der Waals surface area contributed by atoms with Crippen LogP contribution in [0.15, 0.2) is 57.8 Å². The number of benzene rings is 2. The normalized spacial score (nSPS) is 14.7. The fraction of sp³-hybridized carbons (Fsp3) is 0.480. The number of hydrogen-bond acceptors (Lipinski definition) is 5. The number of rotatable bonds is 11. The summed E-state index contributed by atoms with van der Waals surface area (Å²) in [6.45, 7) is 13.1. The zero-order valence-corrected chi connectivity index (χ0v) is 20.4. The molecule has 3 rings (SSSR count). The second-order valence-electron chi connectivity index (χ2n) is 9.13. The summed E-state index contributed by atoms with van der Waals surface area (Å²) in [5.41, 5.74) is 1.83. The molecule has 0 aromatic heterocycles. The summed E-state index contributed by atoms with van der Waals surface area (Å²) in [7, 11) is -3.59. The second-order valence-corrected chi connectivity index (χ2v) is 10.7. The highest BCUT2D eigenvalue weighted by Gasteiger charge is 2.27. The first kappa shape index (κ1) is 24.3. The Morgan fingerprint density at radius 1 is 0.969 bits per heavy atom. The zero-order valence-electron chi connectivity index (χ0n) is 19.5. The van der Waals surface area contributed by atoms with Gasteiger partial charge in [-0.25, -0.2) is 0 Å². The van der Waals surface area contributed by atoms with Crippen molar-refractivity contribution in [3.05, 3.63) is 59.7 Å². The molecule has 0 unspecified atom stereocenters. The number of fused-ring (bicyclic) bond motifs is 1. The van der Waals surface area contributed by atoms with Gasteiger partial charge in [-0.1, -0.05) is 58.0 Å². The summed E-state index contributed by atoms with van der Waals surface area (Å²) in [5, 5.41) is 3.15. The smallest absolute Gasteiger partial charge is 0.285 e. The maximum atomic E-state index is 12.1. The molecular formula is C25H35N3O3S. The predicted octanol–water partition coefficient (Wildman–Crippen LogP) is 4.31. The van der Waals surface area contributed by atoms with Crippen LogP contribution in [0.4, 0.5) is 0 Å². The van der Waals surface area contributed by atoms with E-state index in [2.05, 4.69) is 54.4 Å². The number of hydrogen-bond donors (Lipinski definition) is 1. The molecule has 1 aliphatic heterocycles. The summed E-state index contributed by atoms with van der Waals surface area (Å²) in [6.07, 6.45) is 0.733. The molecule has 0 fully saturated rings. The average molecular weight is 458 g/mol. The Hall–Kier alpha value is -2.38. The summed E-state index contributed by atoms with van der Waals surface area (Å²) in [4.78, 5) is 2.76. The molecule has 0 aliphatic carbocycles. The number of nitrogens with one attached hydrogen (secondary N) is 1. The number of para-hydroxylation sites is 1. The van der Waals surface area contributed by atoms with Crippen LogP contribution in [0.2, 0.25) is 0 Å². The van der Waals surface area contributed by atoms with E-state index < -0.39 is 10.0 Å². The molecule has 0 amide bonds. The SMILES string of the molecule is CC(C)CN(Cc1ccccc1OCCCNC1=NS(=O)(=O)c2ccccc21)CC(C)C. The van der Waals surface area contributed by atoms with Gasteiger partial charge < -0.3 is 10.1 Å². The molecule has 6 nitrogen and oxygen atoms in total. The van der Waals surface area contributed by atoms with Gasteiger partial charge in [0.1, 0.15) is 16.5 Å². The highest BCUT2D eigenvalue weighted by Crippen LogP contribution is 2.25. The van der Waals surface area contributed by atoms with E-state index in [1.54, 1.807) is 18.2 Å². The fourth-order valence-electron chi connectivity index (χ4n) is 3.95. The molecule has 0 bridgehead atoms. The number of nitrogens with zero attached hydrogens (tertiary/aromatic N) is 2. The van der Waals surface area contributed by atoms with E-state index in [1.165, 1.54) is 5.56 Å². The van der Waals surface area contributed by atoms with Crippen LogP contribution in [0.25, 0.3) is 0 Å². The van der Waals surface area contributed by atoms with Crippen LogP contribution in [-0.2, 0) is 16.6 Å². The third kappa shape index (κ3) is 6.56. The van der Waals surface area contributed by atoms with E-state index in [-0.39, 0.29) is 4.90 Å². The van der Waals surface area contributed by atoms with Crippen molar-refractivity contribution in [1.82, 2.24) is 10.2 Å². The third-order valence-electron chi connectivity index (χ3n) is 5.12. The van der Waals surface area contributed by atoms with Crippen LogP contribution < -0.4 is 10.1 Å². The van der Waals surface area contributed by atoms with Crippen molar-refractivity contribution in [1.29, 1.82) is 0 Å². The minimum Gasteiger partial charge on any atom is -0.493 e. The zero-order chi connectivity index (χ0) is 23.1. The van der Waals surface area contributed by atoms with Crippen molar-refractivity contribution < 1.29 is 13.2 Å². The molecular weight excluding hydrogens is 422 g/mol. The Morgan fingerprint density at radius 2 is 1.62 bits per heavy atom. The van der Waals surface area contributed by atoms with E-state index in [0.717, 1.165) is 31.8 Å². The standard InChI is InChI=1S/C25H35N3O3S/c1-19(2)16-28(17-20(3)4)18-21-10-5-7-12-23(21)31-15-9-14-26-25-22-11-6-8-13-24(22)32(29,30)27-25/h5-8,10-13,19-20H,9,14-18H2,1-4H3,(H,26,27). The first-order chi connectivity index (χ1) is 15.3. The summed E-state index contributed by atoms with van der Waals surface area (Å²) < 4.78 is 34.2. The average Bonchev–Trinajstić information content (AvgIpc) is 2.98. The van der Waals surface area contributed by atoms with Crippen molar-refractivity contribution in [3.8, 4) is 5.75 Å². The summed E-state index contributed by atoms with van der Waals surface area (Å²) >= 11 is 0. The van der Waals surface area contributed by atoms with Gasteiger partial charge in [-0.3, -0.25) is 4.90 Å². The number of ether oxygens (including phenoxy) is 1. The topological polar surface area (TPSA) is 71.0 Å². The minimum absolute atomic E-state index is 0.264. The molecule has 174 valence electrons. The van der Waals surface area contributed by atoms with E-state index in [4.69, 9.17) is 4.74 Å². The first-order valence-corrected chi connectivity index (χ1v) is 12.8. The van der Waals surface area contributed by atoms with Gasteiger partial charge in [0.25, 0.3) is 10.0 Å². The molecule has 0 radical (unpaired) electrons. The monoisotopic (exact) mass is 457 g/mol. The lowest BCUT2D eigenvalue weighted by Gasteiger charge is -2.27. The maximum Gasteiger partial charge on any atom is 0.285 e. The molecule has 0 saturated carbocycles. The van der Waals surface area contributed by atoms with Crippen molar-refractivity contribution in [2.45, 2.75) is 45.6 Å². The van der Waals surface area contributed by atoms with Crippen LogP contribution in [0.1, 0.15) is 45.2 Å². The van der Waals surface area contributed by atoms with E-state index in [0.29, 0.717) is 36.4 Å². The second kappa shape index (κ2) is 11.0. The first-order valence-electron chi connectivity index (χ1n) is 11.4. The van der Waals surface area contributed by atoms with Crippen molar-refractivity contribution in [2.24, 2.45) is 16.2 Å². The molecule has 0 spiro atoms. The Balaban J connectivity index is 1.53. The molecule has 0 saturated heterocycles. The van der Waals surface area contributed by atoms with E-state index >= 15 is 0 Å². The molecule has 32 heavy (non-hydrogen) atoms. The van der Waals surface area contributed by atoms with E-state index in [1.807, 2.05) is 18.2 Å². The van der Waals surface area contributed by atoms with Gasteiger partial charge in [0.05, 0.1) is 6.61 Å². The van der Waals surface area contributed by atoms with Crippen LogP contribution in [0.3, 0.4) is 0 Å². The van der Waals surface area contributed by atoms with Gasteiger partial charge in [-0.15, -0.1) is 4.40 Å². The minimum atomic E-state index is -3.59. The lowest BCUT2D eigenvalue weighted by molar-refractivity contribution is 0.207. The van der Waals surface area contributed by atoms with Crippen LogP contribution in [-0.4, -0.2) is 45.4 Å². The van der Waals surface area contributed by atoms with Gasteiger partial charge in [0, 0.05) is 37.3 Å². The molecule has 7 heteroatoms. The Bertz CT molecular complexity index is 1020. The van der Waals surface area contributed by atoms with Crippen molar-refractivity contribution >= 4 is 15.9 Å². The van der Waals surface area contributed by atoms with Crippen molar-refractivity contribution in [2.75, 3.05) is 26.2 Å². The quantitative estimate of drug-likeness (QED) is 0.509. The Kier molecular flexibility index (Phi) is 8.32. The molecule has 1 aliphatic rings. The van der Waals surface area contributed by atoms with Gasteiger partial charge >= 0.3 is 0 Å². The molecule has 0 atom stereocenters. The van der Waals surface area contributed by atoms with Gasteiger partial charge in [0.15, 0.2) is 0 Å². The summed E-state index contributed by atoms with van der Waals surface area (Å²) in [5.74, 6) is 2.55. The van der Waals surface area contributed by atoms with Gasteiger partial charge in [-0.2, -0.15) is 8.42 Å². The molecule has 2 aromatic rings. The van der Waals surface area contributed by atoms with Gasteiger partial charge in [0.2, 0.25) is 0 Å². The van der Waals surface area contributed by atoms with Gasteiger partial charge in [-0.05, 0) is 36.5 Å². The summed E-state index contributed by atoms with van der Waals surface area (Å²) in [6, 6.07) is 15.1. The lowest BCUT2D eigenvalue weighted by atomic mass is 10.1. The number of sulfonamides is 1. The third-order valence-corrected chi connectivity index (χ3v) is 6.45. The van der Waals surface area contributed by atoms with Crippen molar-refractivity contribution in [3.63, 3.8) is 0 Å². The number of amidine groups is 1. The largest absolute Gasteiger partial charge is 0.493 e. The molecule has 2 aromatic carbocycles. The van der Waals surface area contributed by atoms with Crippen LogP contribution in [0, 0.1) is 11.8 Å². The molecule has 1 heterocycles. The lowest BCUT2D eigenvalue weighted by Crippen LogP contribution is -2.31. The maximum absolute atomic E-state index is 12.1. The van der Waals surface area contributed by atoms with E-state index in [9.17, 15) is 8.42 Å². The van der Waals surface area contributed by atoms with Crippen LogP contribution >= 0.6 is 0 Å². The molecule has 1 N–H and O–H groups in total. The fourth-order valence-corrected chi connectivity index (χ4v) is 5.14.